The molecule has 0 saturated heterocycles. The van der Waals surface area contributed by atoms with Crippen molar-refractivity contribution in [3.8, 4) is 23.3 Å². The first-order valence-electron chi connectivity index (χ1n) is 11.4. The van der Waals surface area contributed by atoms with Crippen LogP contribution in [-0.2, 0) is 11.3 Å². The van der Waals surface area contributed by atoms with Gasteiger partial charge < -0.3 is 24.4 Å². The van der Waals surface area contributed by atoms with Crippen LogP contribution < -0.4 is 19.5 Å². The van der Waals surface area contributed by atoms with Gasteiger partial charge in [0.1, 0.15) is 18.4 Å². The Balaban J connectivity index is 2.00. The van der Waals surface area contributed by atoms with Gasteiger partial charge in [0.2, 0.25) is 0 Å². The standard InChI is InChI=1S/C26H35N3O4/c1-6-29(7-2)14-15-32-23-13-12-20(16-24(23)31-5)18-28-26(30)25(19(3)4)33-22-11-9-8-10-21(22)17-27/h8-13,16,19,25H,6-7,14-15,18H2,1-5H3,(H,28,30). The third-order valence-electron chi connectivity index (χ3n) is 5.38. The minimum absolute atomic E-state index is 0.0760. The van der Waals surface area contributed by atoms with Gasteiger partial charge >= 0.3 is 0 Å². The lowest BCUT2D eigenvalue weighted by Crippen LogP contribution is -2.41. The highest BCUT2D eigenvalue weighted by Gasteiger charge is 2.25. The highest BCUT2D eigenvalue weighted by molar-refractivity contribution is 5.81. The van der Waals surface area contributed by atoms with Gasteiger partial charge in [0.05, 0.1) is 12.7 Å². The Morgan fingerprint density at radius 3 is 2.45 bits per heavy atom. The number of methoxy groups -OCH3 is 1. The van der Waals surface area contributed by atoms with E-state index in [9.17, 15) is 10.1 Å². The Hall–Kier alpha value is -3.24. The van der Waals surface area contributed by atoms with Crippen molar-refractivity contribution in [1.82, 2.24) is 10.2 Å². The summed E-state index contributed by atoms with van der Waals surface area (Å²) in [6.07, 6.45) is -0.718. The summed E-state index contributed by atoms with van der Waals surface area (Å²) in [6, 6.07) is 14.6. The number of amides is 1. The summed E-state index contributed by atoms with van der Waals surface area (Å²) < 4.78 is 17.3. The second-order valence-corrected chi connectivity index (χ2v) is 7.97. The van der Waals surface area contributed by atoms with Crippen molar-refractivity contribution >= 4 is 5.91 Å². The van der Waals surface area contributed by atoms with Gasteiger partial charge in [0, 0.05) is 13.1 Å². The summed E-state index contributed by atoms with van der Waals surface area (Å²) in [5.74, 6) is 1.39. The first-order valence-corrected chi connectivity index (χ1v) is 11.4. The van der Waals surface area contributed by atoms with Crippen LogP contribution in [0.3, 0.4) is 0 Å². The number of nitrogens with one attached hydrogen (secondary N) is 1. The molecule has 0 aromatic heterocycles. The number of carbonyl (C=O) groups excluding carboxylic acids is 1. The molecule has 2 rings (SSSR count). The van der Waals surface area contributed by atoms with E-state index in [4.69, 9.17) is 14.2 Å². The Morgan fingerprint density at radius 2 is 1.82 bits per heavy atom. The van der Waals surface area contributed by atoms with Crippen molar-refractivity contribution < 1.29 is 19.0 Å². The Labute approximate surface area is 197 Å². The van der Waals surface area contributed by atoms with E-state index in [1.54, 1.807) is 31.4 Å². The second kappa shape index (κ2) is 13.3. The van der Waals surface area contributed by atoms with E-state index in [0.717, 1.165) is 25.2 Å². The zero-order chi connectivity index (χ0) is 24.2. The zero-order valence-electron chi connectivity index (χ0n) is 20.3. The molecule has 0 aliphatic rings. The van der Waals surface area contributed by atoms with Crippen molar-refractivity contribution in [2.24, 2.45) is 5.92 Å². The van der Waals surface area contributed by atoms with E-state index in [2.05, 4.69) is 30.1 Å². The monoisotopic (exact) mass is 453 g/mol. The smallest absolute Gasteiger partial charge is 0.261 e. The van der Waals surface area contributed by atoms with E-state index < -0.39 is 6.10 Å². The first kappa shape index (κ1) is 26.0. The molecule has 0 aliphatic heterocycles. The summed E-state index contributed by atoms with van der Waals surface area (Å²) in [5, 5.41) is 12.2. The normalized spacial score (nSPS) is 11.7. The molecule has 0 fully saturated rings. The van der Waals surface area contributed by atoms with Crippen LogP contribution in [0.1, 0.15) is 38.8 Å². The van der Waals surface area contributed by atoms with Crippen LogP contribution in [-0.4, -0.2) is 50.3 Å². The van der Waals surface area contributed by atoms with Crippen LogP contribution in [0.25, 0.3) is 0 Å². The number of nitriles is 1. The molecule has 0 aliphatic carbocycles. The van der Waals surface area contributed by atoms with E-state index in [-0.39, 0.29) is 11.8 Å². The molecule has 0 heterocycles. The van der Waals surface area contributed by atoms with Gasteiger partial charge in [-0.2, -0.15) is 5.26 Å². The molecule has 33 heavy (non-hydrogen) atoms. The number of ether oxygens (including phenoxy) is 3. The maximum atomic E-state index is 12.9. The Bertz CT molecular complexity index is 935. The van der Waals surface area contributed by atoms with Crippen LogP contribution in [0.4, 0.5) is 0 Å². The van der Waals surface area contributed by atoms with Crippen LogP contribution in [0.5, 0.6) is 17.2 Å². The maximum Gasteiger partial charge on any atom is 0.261 e. The van der Waals surface area contributed by atoms with Crippen LogP contribution in [0.2, 0.25) is 0 Å². The van der Waals surface area contributed by atoms with Gasteiger partial charge in [-0.25, -0.2) is 0 Å². The number of likely N-dealkylation sites (N-methyl/N-ethyl adjacent to an activating group) is 1. The molecule has 2 aromatic carbocycles. The Morgan fingerprint density at radius 1 is 1.09 bits per heavy atom. The molecule has 0 radical (unpaired) electrons. The topological polar surface area (TPSA) is 83.8 Å². The predicted octanol–water partition coefficient (Wildman–Crippen LogP) is 4.01. The molecule has 7 nitrogen and oxygen atoms in total. The van der Waals surface area contributed by atoms with Gasteiger partial charge in [-0.15, -0.1) is 0 Å². The minimum atomic E-state index is -0.718. The van der Waals surface area contributed by atoms with Gasteiger partial charge in [-0.05, 0) is 48.8 Å². The summed E-state index contributed by atoms with van der Waals surface area (Å²) in [6.45, 7) is 11.8. The molecular formula is C26H35N3O4. The largest absolute Gasteiger partial charge is 0.493 e. The average Bonchev–Trinajstić information content (AvgIpc) is 2.84. The molecule has 2 aromatic rings. The lowest BCUT2D eigenvalue weighted by Gasteiger charge is -2.22. The number of hydrogen-bond donors (Lipinski definition) is 1. The van der Waals surface area contributed by atoms with E-state index >= 15 is 0 Å². The SMILES string of the molecule is CCN(CC)CCOc1ccc(CNC(=O)C(Oc2ccccc2C#N)C(C)C)cc1OC. The highest BCUT2D eigenvalue weighted by Crippen LogP contribution is 2.28. The zero-order valence-corrected chi connectivity index (χ0v) is 20.3. The number of nitrogens with zero attached hydrogens (tertiary/aromatic N) is 2. The van der Waals surface area contributed by atoms with Crippen molar-refractivity contribution in [3.63, 3.8) is 0 Å². The van der Waals surface area contributed by atoms with Crippen LogP contribution >= 0.6 is 0 Å². The summed E-state index contributed by atoms with van der Waals surface area (Å²) in [7, 11) is 1.60. The summed E-state index contributed by atoms with van der Waals surface area (Å²) in [4.78, 5) is 15.2. The van der Waals surface area contributed by atoms with Gasteiger partial charge in [-0.3, -0.25) is 4.79 Å². The predicted molar refractivity (Wildman–Crippen MR) is 129 cm³/mol. The molecule has 178 valence electrons. The fourth-order valence-corrected chi connectivity index (χ4v) is 3.35. The lowest BCUT2D eigenvalue weighted by atomic mass is 10.1. The fourth-order valence-electron chi connectivity index (χ4n) is 3.35. The average molecular weight is 454 g/mol. The van der Waals surface area contributed by atoms with Gasteiger partial charge in [-0.1, -0.05) is 45.9 Å². The first-order chi connectivity index (χ1) is 15.9. The van der Waals surface area contributed by atoms with Crippen LogP contribution in [0, 0.1) is 17.2 Å². The number of rotatable bonds is 13. The molecule has 1 N–H and O–H groups in total. The molecule has 0 spiro atoms. The van der Waals surface area contributed by atoms with Crippen molar-refractivity contribution in [1.29, 1.82) is 5.26 Å². The quantitative estimate of drug-likeness (QED) is 0.493. The van der Waals surface area contributed by atoms with Gasteiger partial charge in [0.25, 0.3) is 5.91 Å². The van der Waals surface area contributed by atoms with E-state index in [1.807, 2.05) is 32.0 Å². The highest BCUT2D eigenvalue weighted by atomic mass is 16.5. The molecule has 1 amide bonds. The van der Waals surface area contributed by atoms with Gasteiger partial charge in [0.15, 0.2) is 17.6 Å². The summed E-state index contributed by atoms with van der Waals surface area (Å²) >= 11 is 0. The molecule has 0 bridgehead atoms. The molecule has 1 atom stereocenters. The molecular weight excluding hydrogens is 418 g/mol. The molecule has 1 unspecified atom stereocenters. The number of benzene rings is 2. The van der Waals surface area contributed by atoms with Crippen molar-refractivity contribution in [2.75, 3.05) is 33.4 Å². The maximum absolute atomic E-state index is 12.9. The Kier molecular flexibility index (Phi) is 10.5. The third-order valence-corrected chi connectivity index (χ3v) is 5.38. The van der Waals surface area contributed by atoms with E-state index in [0.29, 0.717) is 36.0 Å². The lowest BCUT2D eigenvalue weighted by molar-refractivity contribution is -0.130. The second-order valence-electron chi connectivity index (χ2n) is 7.97. The third kappa shape index (κ3) is 7.69. The summed E-state index contributed by atoms with van der Waals surface area (Å²) in [5.41, 5.74) is 1.29. The van der Waals surface area contributed by atoms with E-state index in [1.165, 1.54) is 0 Å². The molecule has 7 heteroatoms. The minimum Gasteiger partial charge on any atom is -0.493 e. The van der Waals surface area contributed by atoms with Crippen molar-refractivity contribution in [3.05, 3.63) is 53.6 Å². The number of hydrogen-bond acceptors (Lipinski definition) is 6. The number of carbonyl (C=O) groups is 1. The molecule has 0 saturated carbocycles. The number of para-hydroxylation sites is 1. The fraction of sp³-hybridized carbons (Fsp3) is 0.462. The van der Waals surface area contributed by atoms with Crippen molar-refractivity contribution in [2.45, 2.75) is 40.3 Å². The van der Waals surface area contributed by atoms with Crippen LogP contribution in [0.15, 0.2) is 42.5 Å².